The molecule has 0 saturated carbocycles. The van der Waals surface area contributed by atoms with E-state index in [-0.39, 0.29) is 0 Å². The molecule has 2 heteroatoms. The van der Waals surface area contributed by atoms with Gasteiger partial charge in [0.05, 0.1) is 11.6 Å². The SMILES string of the molecule is N#Cc1ccc(C#CCCS)cc1. The second-order valence-electron chi connectivity index (χ2n) is 2.46. The lowest BCUT2D eigenvalue weighted by atomic mass is 10.1. The summed E-state index contributed by atoms with van der Waals surface area (Å²) in [4.78, 5) is 0. The van der Waals surface area contributed by atoms with Crippen molar-refractivity contribution in [1.82, 2.24) is 0 Å². The first-order valence-electron chi connectivity index (χ1n) is 3.96. The van der Waals surface area contributed by atoms with E-state index < -0.39 is 0 Å². The van der Waals surface area contributed by atoms with Crippen LogP contribution in [-0.4, -0.2) is 5.75 Å². The van der Waals surface area contributed by atoms with Gasteiger partial charge in [0.25, 0.3) is 0 Å². The van der Waals surface area contributed by atoms with Crippen LogP contribution in [0.4, 0.5) is 0 Å². The Morgan fingerprint density at radius 2 is 1.77 bits per heavy atom. The van der Waals surface area contributed by atoms with E-state index in [0.717, 1.165) is 17.7 Å². The third-order valence-electron chi connectivity index (χ3n) is 1.48. The van der Waals surface area contributed by atoms with Gasteiger partial charge in [-0.05, 0) is 24.3 Å². The Morgan fingerprint density at radius 3 is 2.31 bits per heavy atom. The summed E-state index contributed by atoms with van der Waals surface area (Å²) in [6.45, 7) is 0. The molecule has 0 aliphatic carbocycles. The summed E-state index contributed by atoms with van der Waals surface area (Å²) in [6, 6.07) is 9.30. The maximum atomic E-state index is 8.55. The molecule has 0 heterocycles. The molecule has 0 aliphatic rings. The van der Waals surface area contributed by atoms with Crippen molar-refractivity contribution in [3.8, 4) is 17.9 Å². The van der Waals surface area contributed by atoms with Crippen molar-refractivity contribution in [3.63, 3.8) is 0 Å². The van der Waals surface area contributed by atoms with E-state index >= 15 is 0 Å². The lowest BCUT2D eigenvalue weighted by Crippen LogP contribution is -1.76. The molecule has 0 atom stereocenters. The van der Waals surface area contributed by atoms with Crippen LogP contribution in [0, 0.1) is 23.2 Å². The first-order valence-corrected chi connectivity index (χ1v) is 4.60. The highest BCUT2D eigenvalue weighted by Gasteiger charge is 1.88. The number of benzene rings is 1. The molecule has 0 bridgehead atoms. The van der Waals surface area contributed by atoms with Crippen LogP contribution in [-0.2, 0) is 0 Å². The molecule has 0 fully saturated rings. The van der Waals surface area contributed by atoms with Gasteiger partial charge in [-0.1, -0.05) is 11.8 Å². The average molecular weight is 187 g/mol. The summed E-state index contributed by atoms with van der Waals surface area (Å²) in [5, 5.41) is 8.55. The minimum absolute atomic E-state index is 0.666. The number of thiol groups is 1. The number of hydrogen-bond donors (Lipinski definition) is 1. The van der Waals surface area contributed by atoms with E-state index in [4.69, 9.17) is 5.26 Å². The molecule has 0 aliphatic heterocycles. The van der Waals surface area contributed by atoms with Crippen LogP contribution in [0.3, 0.4) is 0 Å². The van der Waals surface area contributed by atoms with Crippen molar-refractivity contribution in [2.75, 3.05) is 5.75 Å². The maximum Gasteiger partial charge on any atom is 0.0991 e. The maximum absolute atomic E-state index is 8.55. The molecule has 1 rings (SSSR count). The van der Waals surface area contributed by atoms with E-state index in [1.807, 2.05) is 12.1 Å². The van der Waals surface area contributed by atoms with Crippen LogP contribution in [0.15, 0.2) is 24.3 Å². The smallest absolute Gasteiger partial charge is 0.0991 e. The van der Waals surface area contributed by atoms with E-state index in [0.29, 0.717) is 5.56 Å². The van der Waals surface area contributed by atoms with Crippen LogP contribution in [0.25, 0.3) is 0 Å². The first kappa shape index (κ1) is 9.71. The topological polar surface area (TPSA) is 23.8 Å². The van der Waals surface area contributed by atoms with Crippen molar-refractivity contribution in [2.24, 2.45) is 0 Å². The van der Waals surface area contributed by atoms with Gasteiger partial charge in [-0.3, -0.25) is 0 Å². The lowest BCUT2D eigenvalue weighted by molar-refractivity contribution is 1.31. The molecular weight excluding hydrogens is 178 g/mol. The van der Waals surface area contributed by atoms with Crippen molar-refractivity contribution in [2.45, 2.75) is 6.42 Å². The van der Waals surface area contributed by atoms with Gasteiger partial charge in [-0.25, -0.2) is 0 Å². The fourth-order valence-electron chi connectivity index (χ4n) is 0.849. The molecule has 0 saturated heterocycles. The molecule has 1 aromatic carbocycles. The second-order valence-corrected chi connectivity index (χ2v) is 2.91. The van der Waals surface area contributed by atoms with E-state index in [2.05, 4.69) is 30.5 Å². The lowest BCUT2D eigenvalue weighted by Gasteiger charge is -1.89. The summed E-state index contributed by atoms with van der Waals surface area (Å²) < 4.78 is 0. The van der Waals surface area contributed by atoms with Gasteiger partial charge in [0.15, 0.2) is 0 Å². The minimum Gasteiger partial charge on any atom is -0.192 e. The highest BCUT2D eigenvalue weighted by molar-refractivity contribution is 7.80. The predicted molar refractivity (Wildman–Crippen MR) is 56.5 cm³/mol. The van der Waals surface area contributed by atoms with Gasteiger partial charge in [0, 0.05) is 17.7 Å². The minimum atomic E-state index is 0.666. The Balaban J connectivity index is 2.72. The van der Waals surface area contributed by atoms with Crippen LogP contribution < -0.4 is 0 Å². The number of rotatable bonds is 1. The summed E-state index contributed by atoms with van der Waals surface area (Å²) >= 11 is 4.05. The highest BCUT2D eigenvalue weighted by Crippen LogP contribution is 2.01. The number of nitriles is 1. The first-order chi connectivity index (χ1) is 6.36. The Kier molecular flexibility index (Phi) is 3.96. The normalized spacial score (nSPS) is 8.31. The second kappa shape index (κ2) is 5.30. The van der Waals surface area contributed by atoms with Crippen molar-refractivity contribution in [3.05, 3.63) is 35.4 Å². The fourth-order valence-corrected chi connectivity index (χ4v) is 0.960. The van der Waals surface area contributed by atoms with Crippen molar-refractivity contribution < 1.29 is 0 Å². The number of nitrogens with zero attached hydrogens (tertiary/aromatic N) is 1. The van der Waals surface area contributed by atoms with Gasteiger partial charge in [-0.15, -0.1) is 0 Å². The van der Waals surface area contributed by atoms with Gasteiger partial charge in [0.1, 0.15) is 0 Å². The molecule has 0 spiro atoms. The highest BCUT2D eigenvalue weighted by atomic mass is 32.1. The molecule has 13 heavy (non-hydrogen) atoms. The Bertz CT molecular complexity index is 362. The monoisotopic (exact) mass is 187 g/mol. The molecule has 0 N–H and O–H groups in total. The van der Waals surface area contributed by atoms with Gasteiger partial charge in [-0.2, -0.15) is 17.9 Å². The average Bonchev–Trinajstić information content (AvgIpc) is 2.19. The van der Waals surface area contributed by atoms with Crippen LogP contribution >= 0.6 is 12.6 Å². The van der Waals surface area contributed by atoms with Gasteiger partial charge >= 0.3 is 0 Å². The molecule has 1 aromatic rings. The fraction of sp³-hybridized carbons (Fsp3) is 0.182. The molecule has 0 unspecified atom stereocenters. The molecule has 1 nitrogen and oxygen atoms in total. The molecule has 0 aromatic heterocycles. The van der Waals surface area contributed by atoms with Crippen molar-refractivity contribution >= 4 is 12.6 Å². The molecule has 0 radical (unpaired) electrons. The summed E-state index contributed by atoms with van der Waals surface area (Å²) in [5.74, 6) is 6.75. The largest absolute Gasteiger partial charge is 0.192 e. The zero-order chi connectivity index (χ0) is 9.52. The van der Waals surface area contributed by atoms with Crippen LogP contribution in [0.1, 0.15) is 17.5 Å². The standard InChI is InChI=1S/C11H9NS/c12-9-11-6-4-10(5-7-11)3-1-2-8-13/h4-7,13H,2,8H2. The van der Waals surface area contributed by atoms with E-state index in [9.17, 15) is 0 Å². The van der Waals surface area contributed by atoms with Crippen LogP contribution in [0.2, 0.25) is 0 Å². The Morgan fingerprint density at radius 1 is 1.15 bits per heavy atom. The van der Waals surface area contributed by atoms with Crippen LogP contribution in [0.5, 0.6) is 0 Å². The van der Waals surface area contributed by atoms with E-state index in [1.165, 1.54) is 0 Å². The predicted octanol–water partition coefficient (Wildman–Crippen LogP) is 2.23. The number of hydrogen-bond acceptors (Lipinski definition) is 2. The summed E-state index contributed by atoms with van der Waals surface area (Å²) in [7, 11) is 0. The third kappa shape index (κ3) is 3.23. The molecule has 64 valence electrons. The molecule has 0 amide bonds. The Labute approximate surface area is 83.8 Å². The van der Waals surface area contributed by atoms with Crippen molar-refractivity contribution in [1.29, 1.82) is 5.26 Å². The zero-order valence-electron chi connectivity index (χ0n) is 7.12. The zero-order valence-corrected chi connectivity index (χ0v) is 8.01. The van der Waals surface area contributed by atoms with E-state index in [1.54, 1.807) is 12.1 Å². The van der Waals surface area contributed by atoms with Gasteiger partial charge in [0.2, 0.25) is 0 Å². The summed E-state index contributed by atoms with van der Waals surface area (Å²) in [6.07, 6.45) is 0.795. The summed E-state index contributed by atoms with van der Waals surface area (Å²) in [5.41, 5.74) is 1.61. The third-order valence-corrected chi connectivity index (χ3v) is 1.71. The molecular formula is C11H9NS. The quantitative estimate of drug-likeness (QED) is 0.529. The Hall–Kier alpha value is -1.38. The van der Waals surface area contributed by atoms with Gasteiger partial charge < -0.3 is 0 Å².